The van der Waals surface area contributed by atoms with Crippen molar-refractivity contribution in [1.29, 1.82) is 0 Å². The molecule has 1 N–H and O–H groups in total. The average molecular weight is 287 g/mol. The number of nitrogens with zero attached hydrogens (tertiary/aromatic N) is 1. The van der Waals surface area contributed by atoms with Crippen molar-refractivity contribution < 1.29 is 4.39 Å². The van der Waals surface area contributed by atoms with Crippen LogP contribution in [-0.2, 0) is 0 Å². The van der Waals surface area contributed by atoms with Gasteiger partial charge >= 0.3 is 0 Å². The van der Waals surface area contributed by atoms with E-state index >= 15 is 0 Å². The Balaban J connectivity index is 2.08. The first-order chi connectivity index (χ1) is 7.70. The van der Waals surface area contributed by atoms with E-state index in [2.05, 4.69) is 26.1 Å². The summed E-state index contributed by atoms with van der Waals surface area (Å²) in [5.41, 5.74) is 0.724. The van der Waals surface area contributed by atoms with Crippen LogP contribution in [-0.4, -0.2) is 26.7 Å². The van der Waals surface area contributed by atoms with E-state index in [9.17, 15) is 4.39 Å². The number of hydrogen-bond acceptors (Lipinski definition) is 2. The monoisotopic (exact) mass is 286 g/mol. The number of nitrogens with one attached hydrogen (secondary N) is 1. The molecule has 2 rings (SSSR count). The molecule has 4 heteroatoms. The molecule has 0 saturated carbocycles. The summed E-state index contributed by atoms with van der Waals surface area (Å²) in [6, 6.07) is 5.27. The van der Waals surface area contributed by atoms with Crippen molar-refractivity contribution in [2.24, 2.45) is 5.92 Å². The molecule has 0 aromatic heterocycles. The molecule has 1 fully saturated rings. The molecule has 1 aliphatic heterocycles. The molecule has 2 nitrogen and oxygen atoms in total. The number of anilines is 1. The van der Waals surface area contributed by atoms with Crippen LogP contribution in [0.3, 0.4) is 0 Å². The van der Waals surface area contributed by atoms with Crippen molar-refractivity contribution in [1.82, 2.24) is 5.32 Å². The fourth-order valence-electron chi connectivity index (χ4n) is 2.24. The summed E-state index contributed by atoms with van der Waals surface area (Å²) in [5.74, 6) is 0.493. The SMILES string of the molecule is CNCC1CCN(c2ccc(Br)cc2F)C1. The minimum absolute atomic E-state index is 0.139. The zero-order valence-corrected chi connectivity index (χ0v) is 10.9. The molecule has 1 aliphatic rings. The summed E-state index contributed by atoms with van der Waals surface area (Å²) in [4.78, 5) is 2.13. The first kappa shape index (κ1) is 11.9. The Bertz CT molecular complexity index is 370. The summed E-state index contributed by atoms with van der Waals surface area (Å²) in [7, 11) is 1.96. The third kappa shape index (κ3) is 2.55. The van der Waals surface area contributed by atoms with Crippen LogP contribution in [0.25, 0.3) is 0 Å². The van der Waals surface area contributed by atoms with Crippen molar-refractivity contribution in [3.05, 3.63) is 28.5 Å². The van der Waals surface area contributed by atoms with Gasteiger partial charge < -0.3 is 10.2 Å². The highest BCUT2D eigenvalue weighted by atomic mass is 79.9. The maximum atomic E-state index is 13.7. The smallest absolute Gasteiger partial charge is 0.147 e. The van der Waals surface area contributed by atoms with Gasteiger partial charge in [-0.25, -0.2) is 4.39 Å². The summed E-state index contributed by atoms with van der Waals surface area (Å²) >= 11 is 3.27. The Morgan fingerprint density at radius 1 is 1.56 bits per heavy atom. The van der Waals surface area contributed by atoms with Gasteiger partial charge in [-0.3, -0.25) is 0 Å². The van der Waals surface area contributed by atoms with E-state index in [-0.39, 0.29) is 5.82 Å². The molecule has 0 bridgehead atoms. The summed E-state index contributed by atoms with van der Waals surface area (Å²) in [5, 5.41) is 3.18. The topological polar surface area (TPSA) is 15.3 Å². The second kappa shape index (κ2) is 5.15. The Morgan fingerprint density at radius 3 is 3.06 bits per heavy atom. The molecule has 0 amide bonds. The Hall–Kier alpha value is -0.610. The maximum Gasteiger partial charge on any atom is 0.147 e. The number of hydrogen-bond donors (Lipinski definition) is 1. The molecule has 1 unspecified atom stereocenters. The normalized spacial score (nSPS) is 20.4. The lowest BCUT2D eigenvalue weighted by atomic mass is 10.1. The Kier molecular flexibility index (Phi) is 3.82. The average Bonchev–Trinajstić information content (AvgIpc) is 2.67. The highest BCUT2D eigenvalue weighted by molar-refractivity contribution is 9.10. The summed E-state index contributed by atoms with van der Waals surface area (Å²) in [6.45, 7) is 2.90. The van der Waals surface area contributed by atoms with Crippen molar-refractivity contribution in [2.45, 2.75) is 6.42 Å². The van der Waals surface area contributed by atoms with Crippen LogP contribution in [0.2, 0.25) is 0 Å². The Morgan fingerprint density at radius 2 is 2.38 bits per heavy atom. The molecule has 1 atom stereocenters. The zero-order valence-electron chi connectivity index (χ0n) is 9.34. The quantitative estimate of drug-likeness (QED) is 0.919. The van der Waals surface area contributed by atoms with Gasteiger partial charge in [0.1, 0.15) is 5.82 Å². The van der Waals surface area contributed by atoms with Crippen LogP contribution in [0.5, 0.6) is 0 Å². The molecular weight excluding hydrogens is 271 g/mol. The van der Waals surface area contributed by atoms with Gasteiger partial charge in [-0.2, -0.15) is 0 Å². The van der Waals surface area contributed by atoms with Gasteiger partial charge in [0.05, 0.1) is 5.69 Å². The summed E-state index contributed by atoms with van der Waals surface area (Å²) in [6.07, 6.45) is 1.14. The number of benzene rings is 1. The van der Waals surface area contributed by atoms with E-state index in [1.54, 1.807) is 0 Å². The van der Waals surface area contributed by atoms with Crippen LogP contribution in [0.15, 0.2) is 22.7 Å². The minimum Gasteiger partial charge on any atom is -0.369 e. The zero-order chi connectivity index (χ0) is 11.5. The van der Waals surface area contributed by atoms with Gasteiger partial charge in [-0.15, -0.1) is 0 Å². The van der Waals surface area contributed by atoms with Crippen LogP contribution in [0, 0.1) is 11.7 Å². The standard InChI is InChI=1S/C12H16BrFN2/c1-15-7-9-4-5-16(8-9)12-3-2-10(13)6-11(12)14/h2-3,6,9,15H,4-5,7-8H2,1H3. The lowest BCUT2D eigenvalue weighted by Crippen LogP contribution is -2.24. The fraction of sp³-hybridized carbons (Fsp3) is 0.500. The second-order valence-electron chi connectivity index (χ2n) is 4.25. The second-order valence-corrected chi connectivity index (χ2v) is 5.17. The predicted octanol–water partition coefficient (Wildman–Crippen LogP) is 2.63. The Labute approximate surface area is 104 Å². The minimum atomic E-state index is -0.139. The highest BCUT2D eigenvalue weighted by Crippen LogP contribution is 2.27. The third-order valence-electron chi connectivity index (χ3n) is 3.03. The van der Waals surface area contributed by atoms with Crippen LogP contribution < -0.4 is 10.2 Å². The summed E-state index contributed by atoms with van der Waals surface area (Å²) < 4.78 is 14.5. The van der Waals surface area contributed by atoms with Crippen LogP contribution >= 0.6 is 15.9 Å². The molecule has 1 aromatic rings. The van der Waals surface area contributed by atoms with E-state index in [1.165, 1.54) is 6.07 Å². The van der Waals surface area contributed by atoms with Crippen LogP contribution in [0.1, 0.15) is 6.42 Å². The molecule has 1 aromatic carbocycles. The van der Waals surface area contributed by atoms with E-state index in [4.69, 9.17) is 0 Å². The van der Waals surface area contributed by atoms with Gasteiger partial charge in [0.2, 0.25) is 0 Å². The maximum absolute atomic E-state index is 13.7. The van der Waals surface area contributed by atoms with E-state index < -0.39 is 0 Å². The van der Waals surface area contributed by atoms with Gasteiger partial charge in [-0.1, -0.05) is 15.9 Å². The molecule has 0 spiro atoms. The molecule has 16 heavy (non-hydrogen) atoms. The third-order valence-corrected chi connectivity index (χ3v) is 3.52. The number of rotatable bonds is 3. The predicted molar refractivity (Wildman–Crippen MR) is 68.3 cm³/mol. The lowest BCUT2D eigenvalue weighted by Gasteiger charge is -2.19. The van der Waals surface area contributed by atoms with E-state index in [0.717, 1.165) is 36.2 Å². The highest BCUT2D eigenvalue weighted by Gasteiger charge is 2.23. The van der Waals surface area contributed by atoms with E-state index in [0.29, 0.717) is 5.92 Å². The fourth-order valence-corrected chi connectivity index (χ4v) is 2.58. The van der Waals surface area contributed by atoms with Gasteiger partial charge in [-0.05, 0) is 44.1 Å². The first-order valence-corrected chi connectivity index (χ1v) is 6.34. The number of halogens is 2. The first-order valence-electron chi connectivity index (χ1n) is 5.55. The largest absolute Gasteiger partial charge is 0.369 e. The van der Waals surface area contributed by atoms with Gasteiger partial charge in [0.25, 0.3) is 0 Å². The molecular formula is C12H16BrFN2. The van der Waals surface area contributed by atoms with Gasteiger partial charge in [0, 0.05) is 17.6 Å². The lowest BCUT2D eigenvalue weighted by molar-refractivity contribution is 0.548. The molecule has 0 aliphatic carbocycles. The van der Waals surface area contributed by atoms with Crippen molar-refractivity contribution in [2.75, 3.05) is 31.6 Å². The molecule has 0 radical (unpaired) electrons. The molecule has 88 valence electrons. The molecule has 1 saturated heterocycles. The van der Waals surface area contributed by atoms with Gasteiger partial charge in [0.15, 0.2) is 0 Å². The van der Waals surface area contributed by atoms with Crippen molar-refractivity contribution in [3.8, 4) is 0 Å². The molecule has 1 heterocycles. The van der Waals surface area contributed by atoms with Crippen molar-refractivity contribution in [3.63, 3.8) is 0 Å². The van der Waals surface area contributed by atoms with Crippen molar-refractivity contribution >= 4 is 21.6 Å². The van der Waals surface area contributed by atoms with E-state index in [1.807, 2.05) is 19.2 Å². The van der Waals surface area contributed by atoms with Crippen LogP contribution in [0.4, 0.5) is 10.1 Å².